The number of nitrogens with one attached hydrogen (secondary N) is 1. The number of ether oxygens (including phenoxy) is 1. The number of thiophene rings is 1. The molecule has 1 N–H and O–H groups in total. The van der Waals surface area contributed by atoms with Gasteiger partial charge >= 0.3 is 0 Å². The number of nitrogens with zero attached hydrogens (tertiary/aromatic N) is 2. The highest BCUT2D eigenvalue weighted by atomic mass is 79.9. The van der Waals surface area contributed by atoms with Gasteiger partial charge in [0.1, 0.15) is 6.33 Å². The molecule has 0 aliphatic heterocycles. The monoisotopic (exact) mass is 355 g/mol. The Morgan fingerprint density at radius 1 is 1.45 bits per heavy atom. The highest BCUT2D eigenvalue weighted by Crippen LogP contribution is 2.31. The van der Waals surface area contributed by atoms with Crippen molar-refractivity contribution in [1.29, 1.82) is 0 Å². The second-order valence-electron chi connectivity index (χ2n) is 4.40. The van der Waals surface area contributed by atoms with E-state index in [1.165, 1.54) is 4.88 Å². The number of hydrogen-bond acceptors (Lipinski definition) is 5. The highest BCUT2D eigenvalue weighted by Gasteiger charge is 2.17. The van der Waals surface area contributed by atoms with Crippen LogP contribution in [0.15, 0.2) is 28.3 Å². The van der Waals surface area contributed by atoms with Crippen molar-refractivity contribution >= 4 is 27.3 Å². The fourth-order valence-corrected chi connectivity index (χ4v) is 3.67. The summed E-state index contributed by atoms with van der Waals surface area (Å²) in [5.41, 5.74) is 0.978. The Hall–Kier alpha value is -0.980. The van der Waals surface area contributed by atoms with Crippen LogP contribution in [-0.2, 0) is 6.42 Å². The molecule has 0 saturated heterocycles. The Labute approximate surface area is 131 Å². The first-order valence-corrected chi connectivity index (χ1v) is 8.23. The summed E-state index contributed by atoms with van der Waals surface area (Å²) in [6.45, 7) is 3.15. The van der Waals surface area contributed by atoms with E-state index in [0.29, 0.717) is 5.88 Å². The zero-order chi connectivity index (χ0) is 14.4. The van der Waals surface area contributed by atoms with Crippen molar-refractivity contribution in [2.45, 2.75) is 25.8 Å². The van der Waals surface area contributed by atoms with Crippen LogP contribution in [0.5, 0.6) is 5.88 Å². The topological polar surface area (TPSA) is 47.0 Å². The van der Waals surface area contributed by atoms with Gasteiger partial charge in [-0.05, 0) is 40.3 Å². The third-order valence-electron chi connectivity index (χ3n) is 2.92. The Morgan fingerprint density at radius 3 is 2.95 bits per heavy atom. The first kappa shape index (κ1) is 15.4. The van der Waals surface area contributed by atoms with Crippen LogP contribution in [0, 0.1) is 0 Å². The van der Waals surface area contributed by atoms with Crippen LogP contribution in [0.1, 0.15) is 30.0 Å². The molecule has 0 fully saturated rings. The molecule has 1 atom stereocenters. The van der Waals surface area contributed by atoms with Crippen molar-refractivity contribution in [1.82, 2.24) is 15.3 Å². The van der Waals surface area contributed by atoms with Gasteiger partial charge in [0.25, 0.3) is 0 Å². The van der Waals surface area contributed by atoms with Crippen LogP contribution in [-0.4, -0.2) is 23.6 Å². The highest BCUT2D eigenvalue weighted by molar-refractivity contribution is 9.10. The van der Waals surface area contributed by atoms with Crippen molar-refractivity contribution < 1.29 is 4.74 Å². The molecule has 0 bridgehead atoms. The molecule has 0 aliphatic carbocycles. The summed E-state index contributed by atoms with van der Waals surface area (Å²) in [4.78, 5) is 9.68. The van der Waals surface area contributed by atoms with E-state index in [4.69, 9.17) is 4.74 Å². The molecule has 2 heterocycles. The summed E-state index contributed by atoms with van der Waals surface area (Å²) in [6, 6.07) is 4.23. The van der Waals surface area contributed by atoms with Crippen molar-refractivity contribution in [3.8, 4) is 5.88 Å². The predicted molar refractivity (Wildman–Crippen MR) is 85.3 cm³/mol. The molecule has 2 rings (SSSR count). The van der Waals surface area contributed by atoms with Gasteiger partial charge in [0, 0.05) is 33.6 Å². The summed E-state index contributed by atoms with van der Waals surface area (Å²) < 4.78 is 6.30. The summed E-state index contributed by atoms with van der Waals surface area (Å²) >= 11 is 5.37. The van der Waals surface area contributed by atoms with Crippen LogP contribution in [0.4, 0.5) is 0 Å². The largest absolute Gasteiger partial charge is 0.481 e. The molecule has 4 nitrogen and oxygen atoms in total. The van der Waals surface area contributed by atoms with E-state index < -0.39 is 0 Å². The van der Waals surface area contributed by atoms with E-state index in [1.807, 2.05) is 6.07 Å². The average Bonchev–Trinajstić information content (AvgIpc) is 2.90. The SMILES string of the molecule is CCCNC(Cc1cc(OC)ncn1)c1sccc1Br. The molecule has 0 saturated carbocycles. The summed E-state index contributed by atoms with van der Waals surface area (Å²) in [6.07, 6.45) is 3.47. The molecule has 1 unspecified atom stereocenters. The molecule has 2 aromatic heterocycles. The molecule has 6 heteroatoms. The number of halogens is 1. The predicted octanol–water partition coefficient (Wildman–Crippen LogP) is 3.59. The maximum Gasteiger partial charge on any atom is 0.216 e. The van der Waals surface area contributed by atoms with Gasteiger partial charge in [0.15, 0.2) is 0 Å². The lowest BCUT2D eigenvalue weighted by Crippen LogP contribution is -2.24. The van der Waals surface area contributed by atoms with Gasteiger partial charge in [-0.3, -0.25) is 0 Å². The molecule has 2 aromatic rings. The van der Waals surface area contributed by atoms with Crippen LogP contribution in [0.3, 0.4) is 0 Å². The van der Waals surface area contributed by atoms with E-state index in [0.717, 1.165) is 29.6 Å². The average molecular weight is 356 g/mol. The first-order chi connectivity index (χ1) is 9.74. The number of hydrogen-bond donors (Lipinski definition) is 1. The smallest absolute Gasteiger partial charge is 0.216 e. The normalized spacial score (nSPS) is 12.3. The van der Waals surface area contributed by atoms with Gasteiger partial charge in [0.2, 0.25) is 5.88 Å². The van der Waals surface area contributed by atoms with Crippen molar-refractivity contribution in [2.24, 2.45) is 0 Å². The maximum absolute atomic E-state index is 5.15. The Bertz CT molecular complexity index is 547. The van der Waals surface area contributed by atoms with Gasteiger partial charge in [0.05, 0.1) is 7.11 Å². The maximum atomic E-state index is 5.15. The Balaban J connectivity index is 2.17. The lowest BCUT2D eigenvalue weighted by molar-refractivity contribution is 0.395. The lowest BCUT2D eigenvalue weighted by Gasteiger charge is -2.17. The Morgan fingerprint density at radius 2 is 2.30 bits per heavy atom. The molecule has 0 aliphatic rings. The minimum Gasteiger partial charge on any atom is -0.481 e. The van der Waals surface area contributed by atoms with Crippen LogP contribution in [0.2, 0.25) is 0 Å². The van der Waals surface area contributed by atoms with Crippen molar-refractivity contribution in [2.75, 3.05) is 13.7 Å². The third-order valence-corrected chi connectivity index (χ3v) is 4.91. The lowest BCUT2D eigenvalue weighted by atomic mass is 10.1. The molecular formula is C14H18BrN3OS. The summed E-state index contributed by atoms with van der Waals surface area (Å²) in [5, 5.41) is 5.68. The Kier molecular flexibility index (Phi) is 5.94. The molecule has 0 aromatic carbocycles. The molecular weight excluding hydrogens is 338 g/mol. The van der Waals surface area contributed by atoms with Gasteiger partial charge in [-0.25, -0.2) is 9.97 Å². The molecule has 108 valence electrons. The van der Waals surface area contributed by atoms with E-state index in [1.54, 1.807) is 24.8 Å². The third kappa shape index (κ3) is 4.01. The van der Waals surface area contributed by atoms with E-state index >= 15 is 0 Å². The van der Waals surface area contributed by atoms with Crippen LogP contribution < -0.4 is 10.1 Å². The first-order valence-electron chi connectivity index (χ1n) is 6.55. The zero-order valence-electron chi connectivity index (χ0n) is 11.6. The fraction of sp³-hybridized carbons (Fsp3) is 0.429. The second kappa shape index (κ2) is 7.71. The van der Waals surface area contributed by atoms with E-state index in [9.17, 15) is 0 Å². The number of rotatable bonds is 7. The summed E-state index contributed by atoms with van der Waals surface area (Å²) in [5.74, 6) is 0.606. The minimum absolute atomic E-state index is 0.254. The quantitative estimate of drug-likeness (QED) is 0.824. The molecule has 0 spiro atoms. The van der Waals surface area contributed by atoms with Gasteiger partial charge in [-0.2, -0.15) is 0 Å². The molecule has 0 radical (unpaired) electrons. The summed E-state index contributed by atoms with van der Waals surface area (Å²) in [7, 11) is 1.62. The zero-order valence-corrected chi connectivity index (χ0v) is 14.0. The van der Waals surface area contributed by atoms with Crippen molar-refractivity contribution in [3.05, 3.63) is 38.9 Å². The minimum atomic E-state index is 0.254. The van der Waals surface area contributed by atoms with E-state index in [2.05, 4.69) is 49.6 Å². The van der Waals surface area contributed by atoms with Gasteiger partial charge in [-0.15, -0.1) is 11.3 Å². The number of aromatic nitrogens is 2. The molecule has 0 amide bonds. The second-order valence-corrected chi connectivity index (χ2v) is 6.20. The fourth-order valence-electron chi connectivity index (χ4n) is 1.94. The number of methoxy groups -OCH3 is 1. The van der Waals surface area contributed by atoms with Crippen molar-refractivity contribution in [3.63, 3.8) is 0 Å². The van der Waals surface area contributed by atoms with E-state index in [-0.39, 0.29) is 6.04 Å². The van der Waals surface area contributed by atoms with Crippen LogP contribution in [0.25, 0.3) is 0 Å². The standard InChI is InChI=1S/C14H18BrN3OS/c1-3-5-16-12(14-11(15)4-6-20-14)7-10-8-13(19-2)18-9-17-10/h4,6,8-9,12,16H,3,5,7H2,1-2H3. The van der Waals surface area contributed by atoms with Gasteiger partial charge < -0.3 is 10.1 Å². The van der Waals surface area contributed by atoms with Gasteiger partial charge in [-0.1, -0.05) is 6.92 Å². The van der Waals surface area contributed by atoms with Crippen LogP contribution >= 0.6 is 27.3 Å². The molecule has 20 heavy (non-hydrogen) atoms.